The van der Waals surface area contributed by atoms with E-state index in [1.165, 1.54) is 0 Å². The summed E-state index contributed by atoms with van der Waals surface area (Å²) < 4.78 is 92.5. The number of carbonyl (C=O) groups excluding carboxylic acids is 1. The second-order valence-corrected chi connectivity index (χ2v) is 6.31. The van der Waals surface area contributed by atoms with Crippen LogP contribution in [0, 0.1) is 5.82 Å². The Labute approximate surface area is 126 Å². The molecule has 1 aromatic rings. The molecule has 0 aliphatic rings. The summed E-state index contributed by atoms with van der Waals surface area (Å²) in [5.41, 5.74) is -1.20. The number of rotatable bonds is 4. The van der Waals surface area contributed by atoms with Gasteiger partial charge in [-0.05, 0) is 12.1 Å². The summed E-state index contributed by atoms with van der Waals surface area (Å²) in [6.45, 7) is 0.563. The molecule has 0 N–H and O–H groups in total. The molecule has 0 heterocycles. The van der Waals surface area contributed by atoms with Gasteiger partial charge in [0.1, 0.15) is 12.2 Å². The molecule has 1 unspecified atom stereocenters. The second-order valence-electron chi connectivity index (χ2n) is 4.18. The topological polar surface area (TPSA) is 60.4 Å². The predicted molar refractivity (Wildman–Crippen MR) is 65.6 cm³/mol. The summed E-state index contributed by atoms with van der Waals surface area (Å²) in [5, 5.41) is -4.76. The van der Waals surface area contributed by atoms with Crippen molar-refractivity contribution in [3.8, 4) is 0 Å². The van der Waals surface area contributed by atoms with E-state index < -0.39 is 50.1 Å². The molecule has 0 saturated carbocycles. The van der Waals surface area contributed by atoms with Crippen molar-refractivity contribution in [3.05, 3.63) is 34.6 Å². The third-order valence-corrected chi connectivity index (χ3v) is 4.34. The number of hydrogen-bond donors (Lipinski definition) is 0. The van der Waals surface area contributed by atoms with Gasteiger partial charge in [-0.25, -0.2) is 8.78 Å². The fourth-order valence-electron chi connectivity index (χ4n) is 1.54. The highest BCUT2D eigenvalue weighted by Crippen LogP contribution is 2.43. The van der Waals surface area contributed by atoms with Crippen molar-refractivity contribution in [1.29, 1.82) is 0 Å². The molecule has 0 radical (unpaired) electrons. The highest BCUT2D eigenvalue weighted by atomic mass is 35.5. The molecule has 1 rings (SSSR count). The fraction of sp³-hybridized carbons (Fsp3) is 0.364. The molecule has 22 heavy (non-hydrogen) atoms. The van der Waals surface area contributed by atoms with E-state index in [2.05, 4.69) is 4.18 Å². The van der Waals surface area contributed by atoms with E-state index in [1.807, 2.05) is 0 Å². The maximum absolute atomic E-state index is 14.7. The lowest BCUT2D eigenvalue weighted by Crippen LogP contribution is -2.38. The first kappa shape index (κ1) is 18.6. The monoisotopic (exact) mass is 366 g/mol. The van der Waals surface area contributed by atoms with Crippen molar-refractivity contribution >= 4 is 27.7 Å². The lowest BCUT2D eigenvalue weighted by atomic mass is 10.1. The van der Waals surface area contributed by atoms with Crippen LogP contribution in [0.4, 0.5) is 22.0 Å². The Morgan fingerprint density at radius 1 is 1.27 bits per heavy atom. The maximum Gasteiger partial charge on any atom is 0.393 e. The number of benzene rings is 1. The average molecular weight is 367 g/mol. The minimum atomic E-state index is -5.68. The molecule has 0 amide bonds. The van der Waals surface area contributed by atoms with Crippen molar-refractivity contribution in [3.63, 3.8) is 0 Å². The zero-order valence-electron chi connectivity index (χ0n) is 10.7. The molecular weight excluding hydrogens is 359 g/mol. The molecule has 0 saturated heterocycles. The van der Waals surface area contributed by atoms with Gasteiger partial charge in [-0.2, -0.15) is 21.6 Å². The first-order valence-corrected chi connectivity index (χ1v) is 7.23. The molecule has 124 valence electrons. The van der Waals surface area contributed by atoms with Crippen LogP contribution in [0.3, 0.4) is 0 Å². The quantitative estimate of drug-likeness (QED) is 0.605. The molecular formula is C11H8ClF5O4S. The normalized spacial score (nSPS) is 15.2. The van der Waals surface area contributed by atoms with Crippen LogP contribution in [0.5, 0.6) is 0 Å². The third kappa shape index (κ3) is 4.07. The smallest absolute Gasteiger partial charge is 0.344 e. The van der Waals surface area contributed by atoms with Crippen LogP contribution in [0.2, 0.25) is 5.02 Å². The van der Waals surface area contributed by atoms with Crippen molar-refractivity contribution in [2.24, 2.45) is 0 Å². The number of halogens is 6. The molecule has 1 atom stereocenters. The summed E-state index contributed by atoms with van der Waals surface area (Å²) in [7, 11) is -5.68. The Hall–Kier alpha value is -1.42. The number of alkyl halides is 4. The summed E-state index contributed by atoms with van der Waals surface area (Å²) in [6, 6.07) is 1.42. The van der Waals surface area contributed by atoms with Gasteiger partial charge in [-0.1, -0.05) is 17.7 Å². The summed E-state index contributed by atoms with van der Waals surface area (Å²) >= 11 is 5.31. The van der Waals surface area contributed by atoms with Crippen molar-refractivity contribution < 1.29 is 39.3 Å². The zero-order valence-corrected chi connectivity index (χ0v) is 12.3. The van der Waals surface area contributed by atoms with E-state index in [9.17, 15) is 35.2 Å². The highest BCUT2D eigenvalue weighted by molar-refractivity contribution is 7.88. The van der Waals surface area contributed by atoms with E-state index in [1.54, 1.807) is 0 Å². The van der Waals surface area contributed by atoms with Gasteiger partial charge >= 0.3 is 22.3 Å². The van der Waals surface area contributed by atoms with Gasteiger partial charge in [0, 0.05) is 12.5 Å². The molecule has 0 aromatic heterocycles. The van der Waals surface area contributed by atoms with Crippen molar-refractivity contribution in [1.82, 2.24) is 0 Å². The fourth-order valence-corrected chi connectivity index (χ4v) is 2.86. The first-order chi connectivity index (χ1) is 9.78. The molecule has 4 nitrogen and oxygen atoms in total. The molecule has 0 aliphatic carbocycles. The molecule has 0 fully saturated rings. The summed E-state index contributed by atoms with van der Waals surface area (Å²) in [6.07, 6.45) is -7.81. The van der Waals surface area contributed by atoms with Gasteiger partial charge in [0.2, 0.25) is 0 Å². The van der Waals surface area contributed by atoms with Crippen LogP contribution in [0.15, 0.2) is 18.2 Å². The standard InChI is InChI=1S/C11H8ClF5O4S/c1-6(18)21-22(19,20)10(14,5-11(15,16)17)7-2-3-8(12)9(13)4-7/h2-4H,5H2,1H3. The van der Waals surface area contributed by atoms with Gasteiger partial charge in [0.25, 0.3) is 5.00 Å². The molecule has 0 spiro atoms. The lowest BCUT2D eigenvalue weighted by Gasteiger charge is -2.25. The SMILES string of the molecule is CC(=O)OS(=O)(=O)C(F)(CC(F)(F)F)c1ccc(Cl)c(F)c1. The second kappa shape index (κ2) is 5.99. The lowest BCUT2D eigenvalue weighted by molar-refractivity contribution is -0.154. The van der Waals surface area contributed by atoms with Gasteiger partial charge in [-0.15, -0.1) is 0 Å². The summed E-state index contributed by atoms with van der Waals surface area (Å²) in [4.78, 5) is 10.7. The van der Waals surface area contributed by atoms with E-state index in [0.29, 0.717) is 19.1 Å². The molecule has 0 aliphatic heterocycles. The number of carbonyl (C=O) groups is 1. The molecule has 0 bridgehead atoms. The van der Waals surface area contributed by atoms with Crippen molar-refractivity contribution in [2.75, 3.05) is 0 Å². The van der Waals surface area contributed by atoms with Gasteiger partial charge in [0.05, 0.1) is 5.02 Å². The van der Waals surface area contributed by atoms with Gasteiger partial charge in [0.15, 0.2) is 0 Å². The number of hydrogen-bond acceptors (Lipinski definition) is 4. The van der Waals surface area contributed by atoms with Crippen LogP contribution in [0.25, 0.3) is 0 Å². The van der Waals surface area contributed by atoms with Gasteiger partial charge in [-0.3, -0.25) is 4.79 Å². The first-order valence-electron chi connectivity index (χ1n) is 5.44. The Morgan fingerprint density at radius 3 is 2.23 bits per heavy atom. The van der Waals surface area contributed by atoms with E-state index >= 15 is 0 Å². The van der Waals surface area contributed by atoms with Crippen LogP contribution in [0.1, 0.15) is 18.9 Å². The largest absolute Gasteiger partial charge is 0.393 e. The Bertz CT molecular complexity index is 688. The van der Waals surface area contributed by atoms with Crippen molar-refractivity contribution in [2.45, 2.75) is 24.5 Å². The zero-order chi connectivity index (χ0) is 17.3. The van der Waals surface area contributed by atoms with E-state index in [0.717, 1.165) is 0 Å². The highest BCUT2D eigenvalue weighted by Gasteiger charge is 2.56. The minimum Gasteiger partial charge on any atom is -0.344 e. The third-order valence-electron chi connectivity index (χ3n) is 2.40. The van der Waals surface area contributed by atoms with Crippen LogP contribution in [-0.2, 0) is 24.1 Å². The van der Waals surface area contributed by atoms with E-state index in [-0.39, 0.29) is 6.07 Å². The van der Waals surface area contributed by atoms with Crippen LogP contribution >= 0.6 is 11.6 Å². The Balaban J connectivity index is 3.52. The maximum atomic E-state index is 14.7. The average Bonchev–Trinajstić information content (AvgIpc) is 2.28. The Morgan fingerprint density at radius 2 is 1.82 bits per heavy atom. The van der Waals surface area contributed by atoms with E-state index in [4.69, 9.17) is 11.6 Å². The molecule has 1 aromatic carbocycles. The molecule has 11 heteroatoms. The van der Waals surface area contributed by atoms with Crippen LogP contribution < -0.4 is 0 Å². The minimum absolute atomic E-state index is 0.190. The predicted octanol–water partition coefficient (Wildman–Crippen LogP) is 3.45. The Kier molecular flexibility index (Phi) is 5.08. The van der Waals surface area contributed by atoms with Crippen LogP contribution in [-0.4, -0.2) is 20.6 Å². The summed E-state index contributed by atoms with van der Waals surface area (Å²) in [5.74, 6) is -2.87. The van der Waals surface area contributed by atoms with Gasteiger partial charge < -0.3 is 4.18 Å².